The van der Waals surface area contributed by atoms with Crippen molar-refractivity contribution in [1.82, 2.24) is 20.2 Å². The predicted molar refractivity (Wildman–Crippen MR) is 120 cm³/mol. The zero-order chi connectivity index (χ0) is 21.8. The molecule has 1 fully saturated rings. The first-order valence-corrected chi connectivity index (χ1v) is 10.9. The highest BCUT2D eigenvalue weighted by molar-refractivity contribution is 9.10. The number of halogens is 1. The van der Waals surface area contributed by atoms with Crippen molar-refractivity contribution in [2.75, 3.05) is 13.7 Å². The van der Waals surface area contributed by atoms with Gasteiger partial charge in [-0.3, -0.25) is 4.79 Å². The molecule has 2 N–H and O–H groups in total. The van der Waals surface area contributed by atoms with Gasteiger partial charge in [0.1, 0.15) is 11.9 Å². The van der Waals surface area contributed by atoms with Gasteiger partial charge in [-0.1, -0.05) is 58.4 Å². The Bertz CT molecular complexity index is 1050. The summed E-state index contributed by atoms with van der Waals surface area (Å²) in [6.45, 7) is 0.601. The minimum Gasteiger partial charge on any atom is -0.453 e. The van der Waals surface area contributed by atoms with Crippen LogP contribution < -0.4 is 5.32 Å². The number of methoxy groups -OCH3 is 1. The number of alkyl carbamates (subject to hydrolysis) is 1. The minimum absolute atomic E-state index is 0.178. The summed E-state index contributed by atoms with van der Waals surface area (Å²) in [5.41, 5.74) is 2.62. The van der Waals surface area contributed by atoms with Crippen molar-refractivity contribution in [2.45, 2.75) is 24.9 Å². The van der Waals surface area contributed by atoms with Gasteiger partial charge in [0.2, 0.25) is 0 Å². The van der Waals surface area contributed by atoms with E-state index in [2.05, 4.69) is 31.2 Å². The first kappa shape index (κ1) is 21.1. The van der Waals surface area contributed by atoms with Crippen LogP contribution >= 0.6 is 15.9 Å². The molecule has 0 saturated carbocycles. The van der Waals surface area contributed by atoms with Crippen molar-refractivity contribution in [2.24, 2.45) is 0 Å². The fourth-order valence-electron chi connectivity index (χ4n) is 3.87. The van der Waals surface area contributed by atoms with Crippen LogP contribution in [0.3, 0.4) is 0 Å². The molecule has 2 atom stereocenters. The van der Waals surface area contributed by atoms with Crippen molar-refractivity contribution in [1.29, 1.82) is 0 Å². The summed E-state index contributed by atoms with van der Waals surface area (Å²) in [6.07, 6.45) is 2.82. The first-order chi connectivity index (χ1) is 15.1. The number of carbonyl (C=O) groups excluding carboxylic acids is 2. The van der Waals surface area contributed by atoms with E-state index in [-0.39, 0.29) is 11.9 Å². The number of ether oxygens (including phenoxy) is 1. The Kier molecular flexibility index (Phi) is 6.36. The highest BCUT2D eigenvalue weighted by atomic mass is 79.9. The molecule has 1 aliphatic heterocycles. The molecule has 1 aliphatic rings. The lowest BCUT2D eigenvalue weighted by atomic mass is 10.1. The van der Waals surface area contributed by atoms with Crippen LogP contribution in [0.4, 0.5) is 4.79 Å². The molecule has 4 rings (SSSR count). The maximum Gasteiger partial charge on any atom is 0.407 e. The van der Waals surface area contributed by atoms with Crippen molar-refractivity contribution >= 4 is 27.9 Å². The Labute approximate surface area is 189 Å². The zero-order valence-corrected chi connectivity index (χ0v) is 18.6. The number of likely N-dealkylation sites (tertiary alicyclic amines) is 1. The van der Waals surface area contributed by atoms with Gasteiger partial charge in [0.15, 0.2) is 0 Å². The highest BCUT2D eigenvalue weighted by Gasteiger charge is 2.37. The smallest absolute Gasteiger partial charge is 0.407 e. The van der Waals surface area contributed by atoms with E-state index in [9.17, 15) is 9.59 Å². The zero-order valence-electron chi connectivity index (χ0n) is 17.0. The second-order valence-electron chi connectivity index (χ2n) is 7.36. The number of aromatic nitrogens is 2. The van der Waals surface area contributed by atoms with Crippen molar-refractivity contribution < 1.29 is 14.3 Å². The van der Waals surface area contributed by atoms with Crippen LogP contribution in [0.1, 0.15) is 36.3 Å². The molecule has 2 aromatic carbocycles. The van der Waals surface area contributed by atoms with Crippen molar-refractivity contribution in [3.63, 3.8) is 0 Å². The molecule has 0 unspecified atom stereocenters. The second-order valence-corrected chi connectivity index (χ2v) is 8.27. The molecule has 2 amide bonds. The number of rotatable bonds is 5. The minimum atomic E-state index is -0.824. The standard InChI is InChI=1S/C23H23BrN4O3/c1-31-23(30)27-20(16-6-3-2-4-7-16)22(29)28-13-5-8-19(28)21-25-14-18(26-21)15-9-11-17(24)12-10-15/h2-4,6-7,9-12,14,19-20H,5,8,13H2,1H3,(H,25,26)(H,27,30)/t19-,20+/m0/s1. The Balaban J connectivity index is 1.58. The van der Waals surface area contributed by atoms with Gasteiger partial charge in [-0.15, -0.1) is 0 Å². The number of hydrogen-bond acceptors (Lipinski definition) is 4. The number of H-pyrrole nitrogens is 1. The SMILES string of the molecule is COC(=O)N[C@@H](C(=O)N1CCC[C@H]1c1ncc(-c2ccc(Br)cc2)[nH]1)c1ccccc1. The fourth-order valence-corrected chi connectivity index (χ4v) is 4.14. The van der Waals surface area contributed by atoms with Gasteiger partial charge in [-0.25, -0.2) is 9.78 Å². The quantitative estimate of drug-likeness (QED) is 0.556. The molecular formula is C23H23BrN4O3. The van der Waals surface area contributed by atoms with Gasteiger partial charge in [-0.05, 0) is 36.1 Å². The number of nitrogens with zero attached hydrogens (tertiary/aromatic N) is 2. The van der Waals surface area contributed by atoms with Crippen LogP contribution in [-0.2, 0) is 9.53 Å². The van der Waals surface area contributed by atoms with Gasteiger partial charge in [-0.2, -0.15) is 0 Å². The fraction of sp³-hybridized carbons (Fsp3) is 0.261. The molecule has 0 radical (unpaired) electrons. The van der Waals surface area contributed by atoms with Crippen LogP contribution in [0, 0.1) is 0 Å². The van der Waals surface area contributed by atoms with E-state index in [4.69, 9.17) is 4.74 Å². The summed E-state index contributed by atoms with van der Waals surface area (Å²) in [5.74, 6) is 0.564. The Morgan fingerprint density at radius 1 is 1.19 bits per heavy atom. The Morgan fingerprint density at radius 3 is 2.65 bits per heavy atom. The van der Waals surface area contributed by atoms with Gasteiger partial charge in [0.05, 0.1) is 25.0 Å². The first-order valence-electron chi connectivity index (χ1n) is 10.1. The number of amides is 2. The number of aromatic amines is 1. The van der Waals surface area contributed by atoms with Gasteiger partial charge < -0.3 is 19.9 Å². The van der Waals surface area contributed by atoms with Crippen LogP contribution in [0.25, 0.3) is 11.3 Å². The van der Waals surface area contributed by atoms with Gasteiger partial charge in [0.25, 0.3) is 5.91 Å². The molecular weight excluding hydrogens is 460 g/mol. The normalized spacial score (nSPS) is 16.7. The molecule has 0 bridgehead atoms. The van der Waals surface area contributed by atoms with Crippen LogP contribution in [0.2, 0.25) is 0 Å². The molecule has 0 aliphatic carbocycles. The summed E-state index contributed by atoms with van der Waals surface area (Å²) in [5, 5.41) is 2.68. The Hall–Kier alpha value is -3.13. The summed E-state index contributed by atoms with van der Waals surface area (Å²) < 4.78 is 5.75. The molecule has 2 heterocycles. The third kappa shape index (κ3) is 4.64. The maximum absolute atomic E-state index is 13.5. The Morgan fingerprint density at radius 2 is 1.94 bits per heavy atom. The van der Waals surface area contributed by atoms with E-state index in [1.807, 2.05) is 54.6 Å². The summed E-state index contributed by atoms with van der Waals surface area (Å²) in [4.78, 5) is 35.2. The molecule has 160 valence electrons. The molecule has 0 spiro atoms. The summed E-state index contributed by atoms with van der Waals surface area (Å²) in [7, 11) is 1.28. The number of benzene rings is 2. The average molecular weight is 483 g/mol. The van der Waals surface area contributed by atoms with Crippen molar-refractivity contribution in [3.8, 4) is 11.3 Å². The molecule has 3 aromatic rings. The van der Waals surface area contributed by atoms with Gasteiger partial charge >= 0.3 is 6.09 Å². The number of nitrogens with one attached hydrogen (secondary N) is 2. The van der Waals surface area contributed by atoms with Crippen LogP contribution in [0.5, 0.6) is 0 Å². The highest BCUT2D eigenvalue weighted by Crippen LogP contribution is 2.34. The molecule has 7 nitrogen and oxygen atoms in total. The van der Waals surface area contributed by atoms with Crippen molar-refractivity contribution in [3.05, 3.63) is 76.7 Å². The predicted octanol–water partition coefficient (Wildman–Crippen LogP) is 4.60. The largest absolute Gasteiger partial charge is 0.453 e. The van der Waals surface area contributed by atoms with E-state index in [1.54, 1.807) is 11.1 Å². The van der Waals surface area contributed by atoms with E-state index >= 15 is 0 Å². The third-order valence-electron chi connectivity index (χ3n) is 5.43. The van der Waals surface area contributed by atoms with E-state index in [1.165, 1.54) is 7.11 Å². The maximum atomic E-state index is 13.5. The van der Waals surface area contributed by atoms with E-state index < -0.39 is 12.1 Å². The van der Waals surface area contributed by atoms with Gasteiger partial charge in [0, 0.05) is 11.0 Å². The molecule has 1 aromatic heterocycles. The van der Waals surface area contributed by atoms with Crippen LogP contribution in [-0.4, -0.2) is 40.5 Å². The topological polar surface area (TPSA) is 87.3 Å². The van der Waals surface area contributed by atoms with Crippen LogP contribution in [0.15, 0.2) is 65.3 Å². The monoisotopic (exact) mass is 482 g/mol. The number of hydrogen-bond donors (Lipinski definition) is 2. The average Bonchev–Trinajstić information content (AvgIpc) is 3.47. The molecule has 31 heavy (non-hydrogen) atoms. The summed E-state index contributed by atoms with van der Waals surface area (Å²) in [6, 6.07) is 16.2. The lowest BCUT2D eigenvalue weighted by Crippen LogP contribution is -2.42. The number of imidazole rings is 1. The number of carbonyl (C=O) groups is 2. The van der Waals surface area contributed by atoms with E-state index in [0.717, 1.165) is 34.4 Å². The molecule has 8 heteroatoms. The third-order valence-corrected chi connectivity index (χ3v) is 5.96. The molecule has 1 saturated heterocycles. The summed E-state index contributed by atoms with van der Waals surface area (Å²) >= 11 is 3.45. The lowest BCUT2D eigenvalue weighted by molar-refractivity contribution is -0.134. The lowest BCUT2D eigenvalue weighted by Gasteiger charge is -2.28. The second kappa shape index (κ2) is 9.34. The van der Waals surface area contributed by atoms with E-state index in [0.29, 0.717) is 12.1 Å².